The van der Waals surface area contributed by atoms with Gasteiger partial charge in [0.05, 0.1) is 0 Å². The molecule has 0 amide bonds. The van der Waals surface area contributed by atoms with E-state index in [4.69, 9.17) is 0 Å². The Morgan fingerprint density at radius 1 is 0.242 bits per heavy atom. The van der Waals surface area contributed by atoms with Gasteiger partial charge in [0.2, 0.25) is 0 Å². The zero-order valence-corrected chi connectivity index (χ0v) is 34.8. The Morgan fingerprint density at radius 2 is 0.484 bits per heavy atom. The molecule has 0 N–H and O–H groups in total. The van der Waals surface area contributed by atoms with Crippen molar-refractivity contribution in [2.75, 3.05) is 0 Å². The van der Waals surface area contributed by atoms with Crippen LogP contribution in [-0.4, -0.2) is 0 Å². The molecule has 0 aliphatic heterocycles. The summed E-state index contributed by atoms with van der Waals surface area (Å²) in [6.45, 7) is 0. The van der Waals surface area contributed by atoms with Gasteiger partial charge >= 0.3 is 0 Å². The molecule has 0 radical (unpaired) electrons. The van der Waals surface area contributed by atoms with Gasteiger partial charge in [-0.15, -0.1) is 0 Å². The van der Waals surface area contributed by atoms with Crippen LogP contribution >= 0.6 is 0 Å². The summed E-state index contributed by atoms with van der Waals surface area (Å²) in [6.07, 6.45) is 5.47. The van der Waals surface area contributed by atoms with E-state index >= 15 is 0 Å². The lowest BCUT2D eigenvalue weighted by Crippen LogP contribution is -2.80. The van der Waals surface area contributed by atoms with Gasteiger partial charge in [0.1, 0.15) is 0 Å². The van der Waals surface area contributed by atoms with Gasteiger partial charge in [0.25, 0.3) is 0 Å². The number of benzene rings is 10. The Balaban J connectivity index is 0.964. The third-order valence-corrected chi connectivity index (χ3v) is 16.8. The van der Waals surface area contributed by atoms with E-state index in [0.717, 1.165) is 23.7 Å². The molecule has 0 heterocycles. The second-order valence-corrected chi connectivity index (χ2v) is 18.9. The Kier molecular flexibility index (Phi) is 7.25. The maximum absolute atomic E-state index is 2.67. The quantitative estimate of drug-likeness (QED) is 0.147. The predicted octanol–water partition coefficient (Wildman–Crippen LogP) is 16.2. The molecule has 4 fully saturated rings. The summed E-state index contributed by atoms with van der Waals surface area (Å²) in [6, 6.07) is 78.6. The van der Waals surface area contributed by atoms with Gasteiger partial charge in [-0.1, -0.05) is 206 Å². The second-order valence-electron chi connectivity index (χ2n) is 18.9. The Hall–Kier alpha value is -6.76. The van der Waals surface area contributed by atoms with Crippen molar-refractivity contribution in [3.63, 3.8) is 0 Å². The Morgan fingerprint density at radius 3 is 0.774 bits per heavy atom. The van der Waals surface area contributed by atoms with E-state index in [1.807, 2.05) is 0 Å². The topological polar surface area (TPSA) is 0 Å². The molecule has 0 aromatic heterocycles. The van der Waals surface area contributed by atoms with Gasteiger partial charge in [-0.2, -0.15) is 0 Å². The molecule has 294 valence electrons. The van der Waals surface area contributed by atoms with E-state index in [1.54, 1.807) is 11.1 Å². The van der Waals surface area contributed by atoms with Crippen molar-refractivity contribution in [1.29, 1.82) is 0 Å². The van der Waals surface area contributed by atoms with Gasteiger partial charge in [-0.25, -0.2) is 0 Å². The highest BCUT2D eigenvalue weighted by molar-refractivity contribution is 6.22. The van der Waals surface area contributed by atoms with Gasteiger partial charge in [0.15, 0.2) is 0 Å². The molecule has 0 saturated heterocycles. The van der Waals surface area contributed by atoms with E-state index in [9.17, 15) is 0 Å². The zero-order valence-electron chi connectivity index (χ0n) is 34.8. The van der Waals surface area contributed by atoms with Crippen LogP contribution in [0.2, 0.25) is 0 Å². The standard InChI is InChI=1S/C62H46/c1-3-17-39(18-4-1)57-45-25-7-11-29-49(45)59(50-30-12-8-26-46(50)57)41-21-15-23-43(37-41)61-53-33-34-54(61)56-36-35-55(53)62(56,61)44-24-16-22-42(38-44)60-51-31-13-9-27-47(51)58(40-19-5-2-6-20-40)48-28-10-14-32-52(48)60/h1-32,37-38,53-56H,33-36H2. The Labute approximate surface area is 363 Å². The van der Waals surface area contributed by atoms with Gasteiger partial charge < -0.3 is 0 Å². The maximum Gasteiger partial charge on any atom is 0.0118 e. The van der Waals surface area contributed by atoms with Crippen molar-refractivity contribution in [2.24, 2.45) is 23.7 Å². The van der Waals surface area contributed by atoms with Crippen molar-refractivity contribution in [3.05, 3.63) is 217 Å². The van der Waals surface area contributed by atoms with E-state index in [2.05, 4.69) is 206 Å². The summed E-state index contributed by atoms with van der Waals surface area (Å²) in [5, 5.41) is 10.6. The molecule has 10 aromatic rings. The molecule has 4 saturated carbocycles. The first-order valence-corrected chi connectivity index (χ1v) is 23.0. The van der Waals surface area contributed by atoms with Crippen LogP contribution in [0.25, 0.3) is 87.6 Å². The summed E-state index contributed by atoms with van der Waals surface area (Å²) < 4.78 is 0. The lowest BCUT2D eigenvalue weighted by Gasteiger charge is -2.78. The molecule has 0 bridgehead atoms. The molecule has 4 atom stereocenters. The van der Waals surface area contributed by atoms with E-state index in [0.29, 0.717) is 0 Å². The normalized spacial score (nSPS) is 24.3. The fourth-order valence-corrected chi connectivity index (χ4v) is 15.2. The predicted molar refractivity (Wildman–Crippen MR) is 260 cm³/mol. The van der Waals surface area contributed by atoms with E-state index in [-0.39, 0.29) is 10.8 Å². The third kappa shape index (κ3) is 4.28. The molecule has 0 spiro atoms. The SMILES string of the molecule is c1ccc(-c2c3ccccc3c(-c3cccc(C45C6CCC4C4CCC6C45c4cccc(-c5c6ccccc6c(-c6ccccc6)c6ccccc56)c4)c3)c3ccccc23)cc1. The molecular weight excluding hydrogens is 745 g/mol. The van der Waals surface area contributed by atoms with Crippen LogP contribution in [0.3, 0.4) is 0 Å². The van der Waals surface area contributed by atoms with Crippen molar-refractivity contribution in [1.82, 2.24) is 0 Å². The smallest absolute Gasteiger partial charge is 0.0118 e. The molecule has 62 heavy (non-hydrogen) atoms. The molecule has 0 nitrogen and oxygen atoms in total. The number of rotatable bonds is 6. The highest BCUT2D eigenvalue weighted by atomic mass is 14.9. The Bertz CT molecular complexity index is 3080. The number of hydrogen-bond acceptors (Lipinski definition) is 0. The molecule has 4 aliphatic carbocycles. The fourth-order valence-electron chi connectivity index (χ4n) is 15.2. The molecule has 4 unspecified atom stereocenters. The molecule has 4 aliphatic rings. The van der Waals surface area contributed by atoms with Crippen LogP contribution in [-0.2, 0) is 10.8 Å². The van der Waals surface area contributed by atoms with Crippen LogP contribution in [0.15, 0.2) is 206 Å². The largest absolute Gasteiger partial charge is 0.0622 e. The summed E-state index contributed by atoms with van der Waals surface area (Å²) in [7, 11) is 0. The first-order chi connectivity index (χ1) is 30.8. The summed E-state index contributed by atoms with van der Waals surface area (Å²) in [5.74, 6) is 2.97. The first kappa shape index (κ1) is 34.9. The van der Waals surface area contributed by atoms with Gasteiger partial charge in [-0.3, -0.25) is 0 Å². The molecule has 10 aromatic carbocycles. The third-order valence-electron chi connectivity index (χ3n) is 16.8. The van der Waals surface area contributed by atoms with Gasteiger partial charge in [0, 0.05) is 10.8 Å². The molecular formula is C62H46. The van der Waals surface area contributed by atoms with Crippen LogP contribution < -0.4 is 0 Å². The summed E-state index contributed by atoms with van der Waals surface area (Å²) >= 11 is 0. The van der Waals surface area contributed by atoms with Crippen molar-refractivity contribution in [3.8, 4) is 44.5 Å². The van der Waals surface area contributed by atoms with E-state index < -0.39 is 0 Å². The minimum absolute atomic E-state index is 0.171. The zero-order chi connectivity index (χ0) is 40.6. The van der Waals surface area contributed by atoms with E-state index in [1.165, 1.54) is 113 Å². The minimum Gasteiger partial charge on any atom is -0.0622 e. The van der Waals surface area contributed by atoms with Crippen LogP contribution in [0.1, 0.15) is 36.8 Å². The lowest BCUT2D eigenvalue weighted by molar-refractivity contribution is -0.195. The average Bonchev–Trinajstić information content (AvgIpc) is 3.65. The first-order valence-electron chi connectivity index (χ1n) is 23.0. The average molecular weight is 791 g/mol. The van der Waals surface area contributed by atoms with Crippen LogP contribution in [0.4, 0.5) is 0 Å². The number of fused-ring (bicyclic) bond motifs is 6. The highest BCUT2D eigenvalue weighted by Crippen LogP contribution is 2.90. The van der Waals surface area contributed by atoms with Crippen molar-refractivity contribution < 1.29 is 0 Å². The van der Waals surface area contributed by atoms with Crippen LogP contribution in [0.5, 0.6) is 0 Å². The maximum atomic E-state index is 2.67. The van der Waals surface area contributed by atoms with Crippen molar-refractivity contribution in [2.45, 2.75) is 36.5 Å². The lowest BCUT2D eigenvalue weighted by atomic mass is 9.24. The molecule has 14 rings (SSSR count). The fraction of sp³-hybridized carbons (Fsp3) is 0.161. The monoisotopic (exact) mass is 790 g/mol. The summed E-state index contributed by atoms with van der Waals surface area (Å²) in [5.41, 5.74) is 14.2. The van der Waals surface area contributed by atoms with Gasteiger partial charge in [-0.05, 0) is 148 Å². The molecule has 0 heteroatoms. The van der Waals surface area contributed by atoms with Crippen molar-refractivity contribution >= 4 is 43.1 Å². The second kappa shape index (κ2) is 12.9. The van der Waals surface area contributed by atoms with Crippen LogP contribution in [0, 0.1) is 23.7 Å². The number of hydrogen-bond donors (Lipinski definition) is 0. The summed E-state index contributed by atoms with van der Waals surface area (Å²) in [4.78, 5) is 0. The highest BCUT2D eigenvalue weighted by Gasteiger charge is 2.88. The minimum atomic E-state index is 0.171.